The van der Waals surface area contributed by atoms with Crippen molar-refractivity contribution in [3.05, 3.63) is 24.0 Å². The molecular weight excluding hydrogens is 204 g/mol. The Bertz CT molecular complexity index is 258. The van der Waals surface area contributed by atoms with Crippen molar-refractivity contribution in [2.45, 2.75) is 0 Å². The molecule has 5 heteroatoms. The molecule has 0 saturated carbocycles. The molecule has 0 aromatic carbocycles. The molecule has 0 bridgehead atoms. The maximum Gasteiger partial charge on any atom is 0.371 e. The fourth-order valence-corrected chi connectivity index (χ4v) is 1.58. The van der Waals surface area contributed by atoms with Gasteiger partial charge in [0.05, 0.1) is 13.2 Å². The molecule has 0 atom stereocenters. The van der Waals surface area contributed by atoms with Crippen molar-refractivity contribution in [3.63, 3.8) is 0 Å². The van der Waals surface area contributed by atoms with E-state index in [-0.39, 0.29) is 5.76 Å². The topological polar surface area (TPSA) is 55.8 Å². The minimum atomic E-state index is -1.17. The van der Waals surface area contributed by atoms with Gasteiger partial charge >= 0.3 is 5.97 Å². The molecule has 1 aliphatic heterocycles. The second kappa shape index (κ2) is 5.07. The van der Waals surface area contributed by atoms with Crippen molar-refractivity contribution in [2.24, 2.45) is 5.92 Å². The Labute approximate surface area is 86.6 Å². The average molecular weight is 216 g/mol. The molecule has 1 N–H and O–H groups in total. The molecule has 1 fully saturated rings. The van der Waals surface area contributed by atoms with E-state index in [2.05, 4.69) is 13.2 Å². The van der Waals surface area contributed by atoms with Crippen molar-refractivity contribution in [1.29, 1.82) is 0 Å². The zero-order valence-corrected chi connectivity index (χ0v) is 8.51. The zero-order valence-electron chi connectivity index (χ0n) is 7.69. The minimum absolute atomic E-state index is 0.299. The van der Waals surface area contributed by atoms with E-state index in [1.807, 2.05) is 0 Å². The predicted molar refractivity (Wildman–Crippen MR) is 53.8 cm³/mol. The van der Waals surface area contributed by atoms with E-state index >= 15 is 0 Å². The lowest BCUT2D eigenvalue weighted by atomic mass is 10.1. The molecular formula is C9H12O4S. The summed E-state index contributed by atoms with van der Waals surface area (Å²) < 4.78 is 9.86. The van der Waals surface area contributed by atoms with Gasteiger partial charge in [0.2, 0.25) is 5.76 Å². The van der Waals surface area contributed by atoms with E-state index < -0.39 is 5.97 Å². The summed E-state index contributed by atoms with van der Waals surface area (Å²) in [7, 11) is 0. The minimum Gasteiger partial charge on any atom is -0.475 e. The second-order valence-corrected chi connectivity index (χ2v) is 3.99. The number of rotatable bonds is 6. The van der Waals surface area contributed by atoms with Gasteiger partial charge in [0.1, 0.15) is 0 Å². The summed E-state index contributed by atoms with van der Waals surface area (Å²) in [6.45, 7) is 8.35. The number of hydrogen-bond acceptors (Lipinski definition) is 4. The van der Waals surface area contributed by atoms with E-state index in [1.54, 1.807) is 0 Å². The summed E-state index contributed by atoms with van der Waals surface area (Å²) >= 11 is 1.39. The monoisotopic (exact) mass is 216 g/mol. The van der Waals surface area contributed by atoms with Crippen molar-refractivity contribution >= 4 is 17.7 Å². The van der Waals surface area contributed by atoms with Crippen molar-refractivity contribution in [1.82, 2.24) is 0 Å². The van der Waals surface area contributed by atoms with Gasteiger partial charge in [-0.15, -0.1) is 0 Å². The first kappa shape index (κ1) is 11.1. The first-order chi connectivity index (χ1) is 6.59. The van der Waals surface area contributed by atoms with Crippen molar-refractivity contribution in [2.75, 3.05) is 19.0 Å². The number of carbonyl (C=O) groups is 1. The Morgan fingerprint density at radius 2 is 2.21 bits per heavy atom. The van der Waals surface area contributed by atoms with E-state index in [4.69, 9.17) is 14.6 Å². The van der Waals surface area contributed by atoms with Gasteiger partial charge in [0.25, 0.3) is 0 Å². The Hall–Kier alpha value is -0.940. The smallest absolute Gasteiger partial charge is 0.371 e. The molecule has 14 heavy (non-hydrogen) atoms. The summed E-state index contributed by atoms with van der Waals surface area (Å²) in [4.78, 5) is 10.3. The summed E-state index contributed by atoms with van der Waals surface area (Å²) in [6.07, 6.45) is 0. The number of carboxylic acids is 1. The zero-order chi connectivity index (χ0) is 10.6. The number of thioether (sulfide) groups is 1. The summed E-state index contributed by atoms with van der Waals surface area (Å²) in [5.41, 5.74) is 0. The van der Waals surface area contributed by atoms with Crippen LogP contribution in [0.3, 0.4) is 0 Å². The lowest BCUT2D eigenvalue weighted by Crippen LogP contribution is -2.29. The Kier molecular flexibility index (Phi) is 4.03. The number of ether oxygens (including phenoxy) is 2. The largest absolute Gasteiger partial charge is 0.475 e. The van der Waals surface area contributed by atoms with Crippen LogP contribution in [-0.4, -0.2) is 30.0 Å². The summed E-state index contributed by atoms with van der Waals surface area (Å²) in [5.74, 6) is -0.101. The van der Waals surface area contributed by atoms with Crippen LogP contribution in [0.2, 0.25) is 0 Å². The van der Waals surface area contributed by atoms with Gasteiger partial charge in [-0.3, -0.25) is 0 Å². The molecule has 1 rings (SSSR count). The van der Waals surface area contributed by atoms with Crippen molar-refractivity contribution < 1.29 is 19.4 Å². The van der Waals surface area contributed by atoms with Crippen LogP contribution < -0.4 is 0 Å². The van der Waals surface area contributed by atoms with Gasteiger partial charge in [-0.2, -0.15) is 0 Å². The molecule has 1 heterocycles. The molecule has 0 radical (unpaired) electrons. The van der Waals surface area contributed by atoms with Crippen LogP contribution >= 0.6 is 11.8 Å². The Morgan fingerprint density at radius 3 is 2.64 bits per heavy atom. The third-order valence-electron chi connectivity index (χ3n) is 1.66. The molecule has 0 aromatic heterocycles. The van der Waals surface area contributed by atoms with Crippen LogP contribution in [-0.2, 0) is 14.3 Å². The molecule has 0 amide bonds. The SMILES string of the molecule is C=C(OC(=C)C(=O)O)SCC1COC1. The fourth-order valence-electron chi connectivity index (χ4n) is 0.802. The third-order valence-corrected chi connectivity index (χ3v) is 2.71. The molecule has 0 spiro atoms. The molecule has 0 unspecified atom stereocenters. The fraction of sp³-hybridized carbons (Fsp3) is 0.444. The number of carboxylic acid groups (broad SMARTS) is 1. The lowest BCUT2D eigenvalue weighted by Gasteiger charge is -2.25. The van der Waals surface area contributed by atoms with Crippen LogP contribution in [0.1, 0.15) is 0 Å². The molecule has 78 valence electrons. The first-order valence-electron chi connectivity index (χ1n) is 4.09. The summed E-state index contributed by atoms with van der Waals surface area (Å²) in [6, 6.07) is 0. The predicted octanol–water partition coefficient (Wildman–Crippen LogP) is 1.45. The van der Waals surface area contributed by atoms with Crippen LogP contribution in [0.4, 0.5) is 0 Å². The van der Waals surface area contributed by atoms with Gasteiger partial charge < -0.3 is 14.6 Å². The first-order valence-corrected chi connectivity index (χ1v) is 5.07. The third kappa shape index (κ3) is 3.43. The van der Waals surface area contributed by atoms with Gasteiger partial charge in [0.15, 0.2) is 5.09 Å². The van der Waals surface area contributed by atoms with Crippen LogP contribution in [0.15, 0.2) is 24.0 Å². The van der Waals surface area contributed by atoms with E-state index in [9.17, 15) is 4.79 Å². The average Bonchev–Trinajstić information content (AvgIpc) is 2.00. The molecule has 1 aliphatic rings. The lowest BCUT2D eigenvalue weighted by molar-refractivity contribution is -0.135. The van der Waals surface area contributed by atoms with Gasteiger partial charge in [-0.1, -0.05) is 11.8 Å². The molecule has 0 aliphatic carbocycles. The van der Waals surface area contributed by atoms with Gasteiger partial charge in [-0.05, 0) is 13.2 Å². The maximum absolute atomic E-state index is 10.3. The quantitative estimate of drug-likeness (QED) is 0.538. The van der Waals surface area contributed by atoms with E-state index in [1.165, 1.54) is 11.8 Å². The van der Waals surface area contributed by atoms with Crippen LogP contribution in [0, 0.1) is 5.92 Å². The van der Waals surface area contributed by atoms with Gasteiger partial charge in [-0.25, -0.2) is 4.79 Å². The van der Waals surface area contributed by atoms with Crippen molar-refractivity contribution in [3.8, 4) is 0 Å². The number of hydrogen-bond donors (Lipinski definition) is 1. The molecule has 4 nitrogen and oxygen atoms in total. The van der Waals surface area contributed by atoms with Gasteiger partial charge in [0, 0.05) is 11.7 Å². The van der Waals surface area contributed by atoms with E-state index in [0.29, 0.717) is 11.0 Å². The normalized spacial score (nSPS) is 15.7. The molecule has 0 aromatic rings. The highest BCUT2D eigenvalue weighted by Crippen LogP contribution is 2.23. The maximum atomic E-state index is 10.3. The van der Waals surface area contributed by atoms with E-state index in [0.717, 1.165) is 19.0 Å². The Balaban J connectivity index is 2.14. The standard InChI is InChI=1S/C9H12O4S/c1-6(9(10)11)13-7(2)14-5-8-3-12-4-8/h8H,1-5H2,(H,10,11). The van der Waals surface area contributed by atoms with Crippen LogP contribution in [0.25, 0.3) is 0 Å². The molecule has 1 saturated heterocycles. The second-order valence-electron chi connectivity index (χ2n) is 2.92. The van der Waals surface area contributed by atoms with Crippen LogP contribution in [0.5, 0.6) is 0 Å². The highest BCUT2D eigenvalue weighted by atomic mass is 32.2. The Morgan fingerprint density at radius 1 is 1.57 bits per heavy atom. The number of aliphatic carboxylic acids is 1. The highest BCUT2D eigenvalue weighted by Gasteiger charge is 2.19. The highest BCUT2D eigenvalue weighted by molar-refractivity contribution is 8.02. The summed E-state index contributed by atoms with van der Waals surface area (Å²) in [5, 5.41) is 8.84.